The van der Waals surface area contributed by atoms with Gasteiger partial charge in [-0.1, -0.05) is 41.9 Å². The van der Waals surface area contributed by atoms with Gasteiger partial charge in [0, 0.05) is 23.6 Å². The third kappa shape index (κ3) is 13.2. The Morgan fingerprint density at radius 2 is 1.72 bits per heavy atom. The van der Waals surface area contributed by atoms with Gasteiger partial charge in [-0.2, -0.15) is 4.99 Å². The maximum atomic E-state index is 13.4. The molecule has 47 heavy (non-hydrogen) atoms. The van der Waals surface area contributed by atoms with E-state index in [1.807, 2.05) is 6.08 Å². The zero-order chi connectivity index (χ0) is 35.0. The summed E-state index contributed by atoms with van der Waals surface area (Å²) in [6.07, 6.45) is 4.90. The fraction of sp³-hybridized carbons (Fsp3) is 0.353. The fourth-order valence-corrected chi connectivity index (χ4v) is 4.86. The van der Waals surface area contributed by atoms with Gasteiger partial charge < -0.3 is 20.5 Å². The minimum Gasteiger partial charge on any atom is -0.490 e. The molecule has 0 atom stereocenters. The molecule has 3 amide bonds. The minimum atomic E-state index is -1.31. The van der Waals surface area contributed by atoms with Crippen LogP contribution in [0.3, 0.4) is 0 Å². The van der Waals surface area contributed by atoms with E-state index in [-0.39, 0.29) is 40.4 Å². The minimum absolute atomic E-state index is 0.0600. The number of nitrogens with one attached hydrogen (secondary N) is 3. The molecular weight excluding hydrogens is 645 g/mol. The quantitative estimate of drug-likeness (QED) is 0.0352. The number of carbonyl (C=O) groups excluding carboxylic acids is 2. The summed E-state index contributed by atoms with van der Waals surface area (Å²) in [6, 6.07) is 10.00. The zero-order valence-electron chi connectivity index (χ0n) is 27.2. The number of unbranched alkanes of at least 4 members (excludes halogenated alkanes) is 1. The van der Waals surface area contributed by atoms with Gasteiger partial charge in [-0.15, -0.1) is 6.58 Å². The summed E-state index contributed by atoms with van der Waals surface area (Å²) in [5.74, 6) is -0.536. The maximum Gasteiger partial charge on any atom is 0.413 e. The number of carbonyl (C=O) groups is 3. The molecule has 0 aliphatic carbocycles. The van der Waals surface area contributed by atoms with E-state index in [1.54, 1.807) is 58.0 Å². The molecule has 2 aromatic carbocycles. The molecule has 0 aromatic heterocycles. The third-order valence-electron chi connectivity index (χ3n) is 6.26. The molecule has 2 rings (SSSR count). The lowest BCUT2D eigenvalue weighted by molar-refractivity contribution is -0.115. The highest BCUT2D eigenvalue weighted by atomic mass is 35.5. The number of halogens is 2. The Morgan fingerprint density at radius 1 is 1.06 bits per heavy atom. The van der Waals surface area contributed by atoms with Crippen molar-refractivity contribution < 1.29 is 29.1 Å². The van der Waals surface area contributed by atoms with Crippen molar-refractivity contribution in [1.82, 2.24) is 15.7 Å². The third-order valence-corrected chi connectivity index (χ3v) is 6.86. The van der Waals surface area contributed by atoms with E-state index in [9.17, 15) is 19.5 Å². The van der Waals surface area contributed by atoms with Crippen LogP contribution in [0.1, 0.15) is 51.7 Å². The molecule has 0 radical (unpaired) electrons. The van der Waals surface area contributed by atoms with Crippen LogP contribution in [0, 0.1) is 0 Å². The van der Waals surface area contributed by atoms with Gasteiger partial charge in [0.1, 0.15) is 18.2 Å². The van der Waals surface area contributed by atoms with Crippen LogP contribution < -0.4 is 20.9 Å². The van der Waals surface area contributed by atoms with Crippen LogP contribution in [0.2, 0.25) is 10.0 Å². The van der Waals surface area contributed by atoms with Gasteiger partial charge in [0.05, 0.1) is 34.6 Å². The predicted octanol–water partition coefficient (Wildman–Crippen LogP) is 6.88. The summed E-state index contributed by atoms with van der Waals surface area (Å²) in [5.41, 5.74) is 3.36. The van der Waals surface area contributed by atoms with Gasteiger partial charge in [0.25, 0.3) is 5.91 Å². The average molecular weight is 689 g/mol. The Labute approximate surface area is 286 Å². The van der Waals surface area contributed by atoms with Gasteiger partial charge in [0.2, 0.25) is 5.91 Å². The normalized spacial score (nSPS) is 11.9. The topological polar surface area (TPSA) is 142 Å². The number of rotatable bonds is 17. The largest absolute Gasteiger partial charge is 0.490 e. The Bertz CT molecular complexity index is 1450. The summed E-state index contributed by atoms with van der Waals surface area (Å²) < 4.78 is 5.53. The maximum absolute atomic E-state index is 13.4. The lowest BCUT2D eigenvalue weighted by Gasteiger charge is -2.33. The van der Waals surface area contributed by atoms with E-state index in [1.165, 1.54) is 18.2 Å². The van der Waals surface area contributed by atoms with Gasteiger partial charge in [-0.25, -0.2) is 4.79 Å². The molecule has 0 heterocycles. The first-order chi connectivity index (χ1) is 22.3. The molecule has 11 nitrogen and oxygen atoms in total. The molecular formula is C34H43Cl2N5O6. The first kappa shape index (κ1) is 39.0. The van der Waals surface area contributed by atoms with Crippen LogP contribution in [-0.4, -0.2) is 65.6 Å². The van der Waals surface area contributed by atoms with Crippen LogP contribution in [-0.2, 0) is 20.8 Å². The predicted molar refractivity (Wildman–Crippen MR) is 188 cm³/mol. The second kappa shape index (κ2) is 19.5. The van der Waals surface area contributed by atoms with Crippen molar-refractivity contribution in [3.05, 3.63) is 89.0 Å². The summed E-state index contributed by atoms with van der Waals surface area (Å²) in [6.45, 7) is 15.5. The summed E-state index contributed by atoms with van der Waals surface area (Å²) in [5, 5.41) is 16.2. The van der Waals surface area contributed by atoms with Crippen LogP contribution in [0.15, 0.2) is 72.8 Å². The molecule has 0 fully saturated rings. The number of nitrogens with zero attached hydrogens (tertiary/aromatic N) is 2. The Morgan fingerprint density at radius 3 is 2.28 bits per heavy atom. The van der Waals surface area contributed by atoms with Crippen LogP contribution in [0.25, 0.3) is 5.70 Å². The van der Waals surface area contributed by atoms with E-state index >= 15 is 0 Å². The fourth-order valence-electron chi connectivity index (χ4n) is 4.23. The van der Waals surface area contributed by atoms with Crippen LogP contribution in [0.5, 0.6) is 5.75 Å². The van der Waals surface area contributed by atoms with Crippen molar-refractivity contribution in [3.8, 4) is 5.75 Å². The Hall–Kier alpha value is -4.16. The number of aliphatic imine (C=N–C) groups is 1. The lowest BCUT2D eigenvalue weighted by Crippen LogP contribution is -2.49. The number of ether oxygens (including phenoxy) is 1. The number of benzene rings is 2. The number of hydroxylamine groups is 1. The standard InChI is InChI=1S/C34H43Cl2N5O6/c1-7-10-11-16-37-22-31(43)39-32-26(35)18-23(19-27(32)36)20-29(41(33(44)45)34(4,5)6)38-30(42)21-28(40-47-9-3)24-12-14-25(15-13-24)46-17-8-2/h7-8,12-15,18-19,21,37,40H,1-2,9-11,16-17,20,22H2,3-6H3,(H,39,43)(H,44,45). The zero-order valence-corrected chi connectivity index (χ0v) is 28.7. The van der Waals surface area contributed by atoms with Gasteiger partial charge in [-0.3, -0.25) is 24.8 Å². The van der Waals surface area contributed by atoms with Crippen molar-refractivity contribution >= 4 is 58.3 Å². The molecule has 0 spiro atoms. The Kier molecular flexibility index (Phi) is 16.2. The molecule has 0 aliphatic heterocycles. The van der Waals surface area contributed by atoms with E-state index < -0.39 is 17.5 Å². The number of allylic oxidation sites excluding steroid dienone is 1. The number of hydrogen-bond donors (Lipinski definition) is 4. The number of anilines is 1. The Balaban J connectivity index is 2.43. The second-order valence-corrected chi connectivity index (χ2v) is 12.0. The van der Waals surface area contributed by atoms with Gasteiger partial charge in [-0.05, 0) is 89.0 Å². The van der Waals surface area contributed by atoms with Crippen molar-refractivity contribution in [3.63, 3.8) is 0 Å². The lowest BCUT2D eigenvalue weighted by atomic mass is 10.0. The monoisotopic (exact) mass is 687 g/mol. The average Bonchev–Trinajstić information content (AvgIpc) is 2.99. The molecule has 0 saturated heterocycles. The SMILES string of the molecule is C=CCCCNCC(=O)Nc1c(Cl)cc(CC(=NC(=O)C=C(NOCC)c2ccc(OCC=C)cc2)N(C(=O)O)C(C)(C)C)cc1Cl. The van der Waals surface area contributed by atoms with E-state index in [4.69, 9.17) is 32.8 Å². The highest BCUT2D eigenvalue weighted by Crippen LogP contribution is 2.32. The molecule has 254 valence electrons. The van der Waals surface area contributed by atoms with Gasteiger partial charge >= 0.3 is 6.09 Å². The van der Waals surface area contributed by atoms with Crippen LogP contribution in [0.4, 0.5) is 10.5 Å². The number of hydrogen-bond acceptors (Lipinski definition) is 7. The summed E-state index contributed by atoms with van der Waals surface area (Å²) in [4.78, 5) is 48.9. The number of amidine groups is 1. The van der Waals surface area contributed by atoms with E-state index in [0.717, 1.165) is 17.7 Å². The molecule has 0 bridgehead atoms. The number of carboxylic acid groups (broad SMARTS) is 1. The van der Waals surface area contributed by atoms with Crippen molar-refractivity contribution in [2.75, 3.05) is 31.6 Å². The highest BCUT2D eigenvalue weighted by Gasteiger charge is 2.31. The van der Waals surface area contributed by atoms with E-state index in [0.29, 0.717) is 42.3 Å². The molecule has 0 aliphatic rings. The van der Waals surface area contributed by atoms with Crippen LogP contribution >= 0.6 is 23.2 Å². The molecule has 13 heteroatoms. The smallest absolute Gasteiger partial charge is 0.413 e. The highest BCUT2D eigenvalue weighted by molar-refractivity contribution is 6.40. The first-order valence-electron chi connectivity index (χ1n) is 15.0. The van der Waals surface area contributed by atoms with Crippen molar-refractivity contribution in [2.24, 2.45) is 4.99 Å². The molecule has 0 unspecified atom stereocenters. The second-order valence-electron chi connectivity index (χ2n) is 11.1. The molecule has 2 aromatic rings. The van der Waals surface area contributed by atoms with Crippen molar-refractivity contribution in [1.29, 1.82) is 0 Å². The molecule has 0 saturated carbocycles. The summed E-state index contributed by atoms with van der Waals surface area (Å²) in [7, 11) is 0. The first-order valence-corrected chi connectivity index (χ1v) is 15.7. The van der Waals surface area contributed by atoms with E-state index in [2.05, 4.69) is 34.3 Å². The van der Waals surface area contributed by atoms with Gasteiger partial charge in [0.15, 0.2) is 0 Å². The van der Waals surface area contributed by atoms with Crippen molar-refractivity contribution in [2.45, 2.75) is 52.5 Å². The number of amides is 3. The molecule has 4 N–H and O–H groups in total. The summed E-state index contributed by atoms with van der Waals surface area (Å²) >= 11 is 13.0.